The average molecular weight is 1820 g/mol. The monoisotopic (exact) mass is 1820 g/mol. The van der Waals surface area contributed by atoms with E-state index < -0.39 is 19.7 Å². The Morgan fingerprint density at radius 2 is 0.702 bits per heavy atom. The molecule has 21 rings (SSSR count). The molecule has 11 saturated heterocycles. The van der Waals surface area contributed by atoms with Crippen LogP contribution in [0.2, 0.25) is 0 Å². The molecule has 10 N–H and O–H groups in total. The van der Waals surface area contributed by atoms with Crippen molar-refractivity contribution in [2.75, 3.05) is 203 Å². The third-order valence-corrected chi connectivity index (χ3v) is 27.9. The van der Waals surface area contributed by atoms with Crippen LogP contribution >= 0.6 is 47.0 Å². The van der Waals surface area contributed by atoms with E-state index >= 15 is 0 Å². The van der Waals surface area contributed by atoms with E-state index in [-0.39, 0.29) is 0 Å². The molecule has 0 radical (unpaired) electrons. The minimum atomic E-state index is -2.65. The number of carbonyl (C=O) groups excluding carboxylic acids is 1. The quantitative estimate of drug-likeness (QED) is 0.0798. The summed E-state index contributed by atoms with van der Waals surface area (Å²) in [4.78, 5) is 17.9. The van der Waals surface area contributed by atoms with Gasteiger partial charge in [0.15, 0.2) is 21.4 Å². The number of hydrogen-bond donors (Lipinski definition) is 10. The van der Waals surface area contributed by atoms with Crippen LogP contribution in [0.5, 0.6) is 0 Å². The van der Waals surface area contributed by atoms with E-state index in [0.29, 0.717) is 41.2 Å². The lowest BCUT2D eigenvalue weighted by molar-refractivity contribution is -0.110. The molecule has 0 aromatic heterocycles. The van der Waals surface area contributed by atoms with Crippen molar-refractivity contribution in [3.05, 3.63) is 59.9 Å². The first-order chi connectivity index (χ1) is 59.8. The predicted molar refractivity (Wildman–Crippen MR) is 534 cm³/mol. The number of aliphatic imine (C=N–C) groups is 2. The summed E-state index contributed by atoms with van der Waals surface area (Å²) in [7, 11) is -5.19. The highest BCUT2D eigenvalue weighted by molar-refractivity contribution is 8.14. The van der Waals surface area contributed by atoms with Gasteiger partial charge in [0.25, 0.3) is 0 Å². The van der Waals surface area contributed by atoms with Crippen LogP contribution in [0, 0.1) is 0 Å². The SMILES string of the molecule is C1=CCCC1.C1=CNCCC1.C1=CNCCC1.C1=CSC=CN1.C1=NCCC1.C1=NCCO1.C1CCC1.C1CCC1.C1CCCC1.C1CCCCCC1.C1CCCNCC1.C1CCCOCC1.C1CCNCC1.C1CCOC1.C1CCSC1.C1CNNC1.C1COCCN1.C1CSCCN1.O=C1CCCS1.O=S1(=O)CCCC1.O=S1(=O)CCNCC1. The van der Waals surface area contributed by atoms with E-state index in [2.05, 4.69) is 104 Å². The molecule has 21 aliphatic rings. The van der Waals surface area contributed by atoms with Gasteiger partial charge >= 0.3 is 0 Å². The number of nitrogens with zero attached hydrogens (tertiary/aromatic N) is 2. The van der Waals surface area contributed by atoms with Gasteiger partial charge in [-0.05, 0) is 215 Å². The summed E-state index contributed by atoms with van der Waals surface area (Å²) in [6, 6.07) is 0. The molecule has 27 heteroatoms. The normalized spacial score (nSPS) is 23.2. The molecule has 5 aliphatic carbocycles. The molecule has 0 unspecified atom stereocenters. The lowest BCUT2D eigenvalue weighted by Crippen LogP contribution is -2.35. The topological polar surface area (TPSA) is 267 Å². The minimum absolute atomic E-state index is 0.312. The van der Waals surface area contributed by atoms with Crippen molar-refractivity contribution in [3.63, 3.8) is 0 Å². The van der Waals surface area contributed by atoms with E-state index in [9.17, 15) is 21.6 Å². The molecule has 16 aliphatic heterocycles. The summed E-state index contributed by atoms with van der Waals surface area (Å²) >= 11 is 7.24. The zero-order chi connectivity index (χ0) is 86.5. The third-order valence-electron chi connectivity index (χ3n) is 20.7. The minimum Gasteiger partial charge on any atom is -0.482 e. The van der Waals surface area contributed by atoms with Crippen LogP contribution < -0.4 is 53.4 Å². The van der Waals surface area contributed by atoms with Crippen LogP contribution in [0.3, 0.4) is 0 Å². The Bertz CT molecular complexity index is 2150. The summed E-state index contributed by atoms with van der Waals surface area (Å²) < 4.78 is 61.9. The molecule has 0 bridgehead atoms. The average Bonchev–Trinajstić information content (AvgIpc) is 1.90. The van der Waals surface area contributed by atoms with Gasteiger partial charge < -0.3 is 61.5 Å². The maximum absolute atomic E-state index is 10.6. The first-order valence-corrected chi connectivity index (χ1v) is 56.8. The number of rotatable bonds is 0. The molecule has 710 valence electrons. The highest BCUT2D eigenvalue weighted by atomic mass is 32.2. The fraction of sp³-hybridized carbons (Fsp3) is 0.862. The number of hydrazine groups is 1. The van der Waals surface area contributed by atoms with Crippen LogP contribution in [0.15, 0.2) is 69.9 Å². The summed E-state index contributed by atoms with van der Waals surface area (Å²) in [5.41, 5.74) is 5.94. The van der Waals surface area contributed by atoms with E-state index in [1.54, 1.807) is 11.8 Å². The molecule has 15 fully saturated rings. The summed E-state index contributed by atoms with van der Waals surface area (Å²) in [5.74, 6) is 7.97. The van der Waals surface area contributed by atoms with Crippen molar-refractivity contribution in [1.29, 1.82) is 0 Å². The maximum atomic E-state index is 10.6. The van der Waals surface area contributed by atoms with Crippen LogP contribution in [0.1, 0.15) is 315 Å². The maximum Gasteiger partial charge on any atom is 0.188 e. The fourth-order valence-corrected chi connectivity index (χ4v) is 18.0. The smallest absolute Gasteiger partial charge is 0.188 e. The zero-order valence-electron chi connectivity index (χ0n) is 76.7. The molecule has 4 saturated carbocycles. The van der Waals surface area contributed by atoms with Crippen molar-refractivity contribution in [1.82, 2.24) is 53.4 Å². The number of nitrogens with one attached hydrogen (secondary N) is 10. The molecular weight excluding hydrogens is 1630 g/mol. The van der Waals surface area contributed by atoms with Crippen molar-refractivity contribution in [3.8, 4) is 0 Å². The van der Waals surface area contributed by atoms with Gasteiger partial charge in [-0.1, -0.05) is 197 Å². The Hall–Kier alpha value is -2.19. The number of allylic oxidation sites excluding steroid dienone is 4. The van der Waals surface area contributed by atoms with Crippen LogP contribution in [-0.4, -0.2) is 237 Å². The molecular formula is C94H184N12O9S6. The molecule has 121 heavy (non-hydrogen) atoms. The largest absolute Gasteiger partial charge is 0.482 e. The lowest BCUT2D eigenvalue weighted by Gasteiger charge is -2.10. The lowest BCUT2D eigenvalue weighted by atomic mass is 10.0. The zero-order valence-corrected chi connectivity index (χ0v) is 81.6. The second-order valence-electron chi connectivity index (χ2n) is 32.1. The van der Waals surface area contributed by atoms with E-state index in [1.807, 2.05) is 53.6 Å². The van der Waals surface area contributed by atoms with Crippen molar-refractivity contribution in [2.24, 2.45) is 9.98 Å². The number of thioether (sulfide) groups is 4. The molecule has 0 amide bonds. The number of piperidine rings is 1. The standard InChI is InChI=1S/C7H14.C6H13N.C6H12O.C5H11N.2C5H9N.C5H10.C5H8.C4H9NO2S.C4H9NO.C4H9NS.C4H5NS.C4H7N.C4H8O2S.C4H6OS.C4H8O.C4H8S.2C4H8.C3H8N2.C3H5NO/c3*1-2-4-6-7-5-3-1;3*1-2-4-6-5-3-1;2*1-2-4-5-3-1;6-8(7)3-1-5-2-4-8;3*1-3-6-4-2-5-1;1-2-4-5-3-1;5-7(6)3-1-2-4-7;5-4-2-1-3-6-4;2*1-2-4-5-3-1;2*1-2-4-3-1;1-2-4-5-3-1;1-2-5-3-4-1/h1-7H2;7H,1-6H2;1-6H2;6H,1-5H2;2*2,4,6H,1,3,5H2;1-5H2;1-2H,3-5H2;5H,1-4H2;2*5H,1-4H2;1-5H;3H,1-2,4H2;1-4H2;1-3H2;2*1-4H2;2*1-4H2;4-5H,1-3H2;3H,1-2H2. The first-order valence-electron chi connectivity index (χ1n) is 49.0. The van der Waals surface area contributed by atoms with Gasteiger partial charge in [-0.15, -0.1) is 11.8 Å². The van der Waals surface area contributed by atoms with Gasteiger partial charge in [0, 0.05) is 134 Å². The van der Waals surface area contributed by atoms with Gasteiger partial charge in [-0.3, -0.25) is 25.6 Å². The van der Waals surface area contributed by atoms with E-state index in [4.69, 9.17) is 14.2 Å². The van der Waals surface area contributed by atoms with Crippen LogP contribution in [-0.2, 0) is 43.4 Å². The molecule has 0 aromatic rings. The highest BCUT2D eigenvalue weighted by Crippen LogP contribution is 2.20. The Labute approximate surface area is 760 Å². The van der Waals surface area contributed by atoms with Gasteiger partial charge in [-0.25, -0.2) is 16.8 Å². The predicted octanol–water partition coefficient (Wildman–Crippen LogP) is 18.9. The Morgan fingerprint density at radius 1 is 0.298 bits per heavy atom. The van der Waals surface area contributed by atoms with Crippen molar-refractivity contribution >= 4 is 84.5 Å². The second kappa shape index (κ2) is 102. The number of ether oxygens (including phenoxy) is 4. The second-order valence-corrected chi connectivity index (χ2v) is 41.2. The van der Waals surface area contributed by atoms with Crippen LogP contribution in [0.4, 0.5) is 0 Å². The Kier molecular flexibility index (Phi) is 98.0. The number of carbonyl (C=O) groups is 1. The molecule has 16 heterocycles. The van der Waals surface area contributed by atoms with Gasteiger partial charge in [0.2, 0.25) is 0 Å². The first kappa shape index (κ1) is 117. The molecule has 0 atom stereocenters. The third kappa shape index (κ3) is 103. The molecule has 0 aromatic carbocycles. The van der Waals surface area contributed by atoms with Crippen LogP contribution in [0.25, 0.3) is 0 Å². The van der Waals surface area contributed by atoms with Gasteiger partial charge in [0.05, 0.1) is 42.8 Å². The summed E-state index contributed by atoms with van der Waals surface area (Å²) in [6.07, 6.45) is 87.3. The summed E-state index contributed by atoms with van der Waals surface area (Å²) in [6.45, 7) is 23.8. The van der Waals surface area contributed by atoms with Gasteiger partial charge in [0.1, 0.15) is 16.4 Å². The molecule has 21 nitrogen and oxygen atoms in total. The number of sulfone groups is 2. The summed E-state index contributed by atoms with van der Waals surface area (Å²) in [5, 5.41) is 29.5. The van der Waals surface area contributed by atoms with Crippen molar-refractivity contribution in [2.45, 2.75) is 315 Å². The number of hydrogen-bond acceptors (Lipinski definition) is 25. The van der Waals surface area contributed by atoms with Gasteiger partial charge in [-0.2, -0.15) is 23.5 Å². The Balaban J connectivity index is 0.000000636. The van der Waals surface area contributed by atoms with Crippen molar-refractivity contribution < 1.29 is 40.6 Å². The highest BCUT2D eigenvalue weighted by Gasteiger charge is 2.17. The van der Waals surface area contributed by atoms with E-state index in [0.717, 1.165) is 130 Å². The fourth-order valence-electron chi connectivity index (χ4n) is 12.4. The number of morpholine rings is 1. The molecule has 0 spiro atoms. The van der Waals surface area contributed by atoms with E-state index in [1.165, 1.54) is 369 Å². The Morgan fingerprint density at radius 3 is 0.884 bits per heavy atom.